The minimum atomic E-state index is 0.901. The number of para-hydroxylation sites is 4. The first-order chi connectivity index (χ1) is 30.8. The van der Waals surface area contributed by atoms with Gasteiger partial charge in [-0.05, 0) is 77.9 Å². The minimum Gasteiger partial charge on any atom is -0.309 e. The monoisotopic (exact) mass is 790 g/mol. The third kappa shape index (κ3) is 5.92. The summed E-state index contributed by atoms with van der Waals surface area (Å²) in [5, 5.41) is 4.93. The molecule has 0 N–H and O–H groups in total. The molecule has 0 aliphatic heterocycles. The highest BCUT2D eigenvalue weighted by atomic mass is 15.0. The van der Waals surface area contributed by atoms with E-state index in [2.05, 4.69) is 228 Å². The standard InChI is InChI=1S/C58H38N4/c1-5-18-40(19-6-1)51-36-43(37-52(60-51)41-20-7-2-8-21-41)50-29-17-28-49(59-50)42-34-32-39(33-35-42)48-38-55-57(47-27-14-15-30-53(47)61(55)44-22-9-3-10-23-44)58-56(48)46-26-13-16-31-54(46)62(58)45-24-11-4-12-25-45/h1-38H. The van der Waals surface area contributed by atoms with E-state index >= 15 is 0 Å². The molecule has 0 bridgehead atoms. The zero-order valence-corrected chi connectivity index (χ0v) is 33.7. The van der Waals surface area contributed by atoms with Crippen molar-refractivity contribution in [2.24, 2.45) is 0 Å². The SMILES string of the molecule is c1ccc(-c2cc(-c3cccc(-c4ccc(-c5cc6c(c7ccccc7n6-c6ccccc6)c6c5c5ccccc5n6-c5ccccc5)cc4)n3)cc(-c3ccccc3)n2)cc1. The summed E-state index contributed by atoms with van der Waals surface area (Å²) >= 11 is 0. The zero-order valence-electron chi connectivity index (χ0n) is 33.7. The molecule has 0 atom stereocenters. The number of pyridine rings is 2. The zero-order chi connectivity index (χ0) is 41.0. The summed E-state index contributed by atoms with van der Waals surface area (Å²) in [6, 6.07) is 81.9. The molecule has 0 unspecified atom stereocenters. The van der Waals surface area contributed by atoms with Gasteiger partial charge in [-0.3, -0.25) is 0 Å². The molecule has 0 aliphatic carbocycles. The van der Waals surface area contributed by atoms with Gasteiger partial charge in [-0.2, -0.15) is 0 Å². The van der Waals surface area contributed by atoms with E-state index in [4.69, 9.17) is 9.97 Å². The summed E-state index contributed by atoms with van der Waals surface area (Å²) in [6.45, 7) is 0. The average molecular weight is 791 g/mol. The Labute approximate surface area is 359 Å². The summed E-state index contributed by atoms with van der Waals surface area (Å²) in [6.07, 6.45) is 0. The van der Waals surface area contributed by atoms with E-state index in [0.717, 1.165) is 62.0 Å². The van der Waals surface area contributed by atoms with Crippen LogP contribution in [0.25, 0.3) is 111 Å². The molecule has 0 aliphatic rings. The third-order valence-electron chi connectivity index (χ3n) is 12.1. The molecule has 0 spiro atoms. The molecule has 0 saturated carbocycles. The molecule has 4 aromatic heterocycles. The van der Waals surface area contributed by atoms with Crippen LogP contribution in [0.5, 0.6) is 0 Å². The molecule has 0 radical (unpaired) electrons. The fraction of sp³-hybridized carbons (Fsp3) is 0. The summed E-state index contributed by atoms with van der Waals surface area (Å²) in [7, 11) is 0. The van der Waals surface area contributed by atoms with Gasteiger partial charge in [-0.25, -0.2) is 9.97 Å². The van der Waals surface area contributed by atoms with E-state index in [1.165, 1.54) is 49.2 Å². The predicted octanol–water partition coefficient (Wildman–Crippen LogP) is 15.0. The Kier molecular flexibility index (Phi) is 8.46. The number of hydrogen-bond acceptors (Lipinski definition) is 2. The molecule has 0 fully saturated rings. The molecule has 8 aromatic carbocycles. The second kappa shape index (κ2) is 14.7. The molecule has 0 amide bonds. The highest BCUT2D eigenvalue weighted by Crippen LogP contribution is 2.46. The second-order valence-corrected chi connectivity index (χ2v) is 15.8. The van der Waals surface area contributed by atoms with Gasteiger partial charge in [0.25, 0.3) is 0 Å². The van der Waals surface area contributed by atoms with E-state index in [1.807, 2.05) is 12.1 Å². The Balaban J connectivity index is 1.05. The van der Waals surface area contributed by atoms with Gasteiger partial charge >= 0.3 is 0 Å². The maximum Gasteiger partial charge on any atom is 0.0716 e. The lowest BCUT2D eigenvalue weighted by molar-refractivity contribution is 1.17. The van der Waals surface area contributed by atoms with Crippen molar-refractivity contribution in [3.05, 3.63) is 231 Å². The van der Waals surface area contributed by atoms with Gasteiger partial charge in [0.15, 0.2) is 0 Å². The lowest BCUT2D eigenvalue weighted by atomic mass is 9.95. The smallest absolute Gasteiger partial charge is 0.0716 e. The minimum absolute atomic E-state index is 0.901. The fourth-order valence-electron chi connectivity index (χ4n) is 9.30. The van der Waals surface area contributed by atoms with Gasteiger partial charge < -0.3 is 9.13 Å². The molecule has 0 saturated heterocycles. The van der Waals surface area contributed by atoms with E-state index < -0.39 is 0 Å². The Hall–Kier alpha value is -8.34. The Morgan fingerprint density at radius 3 is 1.31 bits per heavy atom. The molecule has 12 aromatic rings. The van der Waals surface area contributed by atoms with Crippen LogP contribution in [-0.2, 0) is 0 Å². The van der Waals surface area contributed by atoms with Crippen molar-refractivity contribution < 1.29 is 0 Å². The largest absolute Gasteiger partial charge is 0.309 e. The summed E-state index contributed by atoms with van der Waals surface area (Å²) in [5.41, 5.74) is 17.2. The van der Waals surface area contributed by atoms with Gasteiger partial charge in [0.1, 0.15) is 0 Å². The first-order valence-corrected chi connectivity index (χ1v) is 21.1. The van der Waals surface area contributed by atoms with Crippen molar-refractivity contribution in [3.63, 3.8) is 0 Å². The lowest BCUT2D eigenvalue weighted by Crippen LogP contribution is -1.96. The van der Waals surface area contributed by atoms with Crippen LogP contribution in [0.4, 0.5) is 0 Å². The van der Waals surface area contributed by atoms with Crippen molar-refractivity contribution in [2.75, 3.05) is 0 Å². The topological polar surface area (TPSA) is 35.6 Å². The Morgan fingerprint density at radius 2 is 0.710 bits per heavy atom. The fourth-order valence-corrected chi connectivity index (χ4v) is 9.30. The molecule has 4 nitrogen and oxygen atoms in total. The van der Waals surface area contributed by atoms with Crippen LogP contribution in [0.15, 0.2) is 231 Å². The third-order valence-corrected chi connectivity index (χ3v) is 12.1. The molecular formula is C58H38N4. The van der Waals surface area contributed by atoms with Crippen LogP contribution >= 0.6 is 0 Å². The van der Waals surface area contributed by atoms with E-state index in [-0.39, 0.29) is 0 Å². The van der Waals surface area contributed by atoms with Crippen LogP contribution in [0.1, 0.15) is 0 Å². The molecular weight excluding hydrogens is 753 g/mol. The quantitative estimate of drug-likeness (QED) is 0.161. The number of fused-ring (bicyclic) bond motifs is 7. The molecule has 290 valence electrons. The summed E-state index contributed by atoms with van der Waals surface area (Å²) < 4.78 is 4.89. The average Bonchev–Trinajstić information content (AvgIpc) is 3.88. The van der Waals surface area contributed by atoms with E-state index in [9.17, 15) is 0 Å². The summed E-state index contributed by atoms with van der Waals surface area (Å²) in [5.74, 6) is 0. The van der Waals surface area contributed by atoms with Gasteiger partial charge in [-0.15, -0.1) is 0 Å². The predicted molar refractivity (Wildman–Crippen MR) is 258 cm³/mol. The van der Waals surface area contributed by atoms with Crippen molar-refractivity contribution in [3.8, 4) is 67.5 Å². The molecule has 4 heteroatoms. The van der Waals surface area contributed by atoms with Gasteiger partial charge in [0, 0.05) is 55.2 Å². The number of nitrogens with zero attached hydrogens (tertiary/aromatic N) is 4. The van der Waals surface area contributed by atoms with Crippen molar-refractivity contribution >= 4 is 43.6 Å². The van der Waals surface area contributed by atoms with Gasteiger partial charge in [0.05, 0.1) is 44.8 Å². The number of rotatable bonds is 7. The Bertz CT molecular complexity index is 3530. The van der Waals surface area contributed by atoms with Gasteiger partial charge in [0.2, 0.25) is 0 Å². The first kappa shape index (κ1) is 35.6. The van der Waals surface area contributed by atoms with Crippen LogP contribution in [0, 0.1) is 0 Å². The molecule has 4 heterocycles. The normalized spacial score (nSPS) is 11.5. The van der Waals surface area contributed by atoms with Crippen molar-refractivity contribution in [1.29, 1.82) is 0 Å². The Morgan fingerprint density at radius 1 is 0.274 bits per heavy atom. The summed E-state index contributed by atoms with van der Waals surface area (Å²) in [4.78, 5) is 10.4. The maximum atomic E-state index is 5.29. The van der Waals surface area contributed by atoms with Crippen LogP contribution in [0.3, 0.4) is 0 Å². The van der Waals surface area contributed by atoms with Gasteiger partial charge in [-0.1, -0.05) is 164 Å². The highest BCUT2D eigenvalue weighted by Gasteiger charge is 2.24. The number of aromatic nitrogens is 4. The second-order valence-electron chi connectivity index (χ2n) is 15.8. The molecule has 62 heavy (non-hydrogen) atoms. The van der Waals surface area contributed by atoms with Crippen molar-refractivity contribution in [2.45, 2.75) is 0 Å². The lowest BCUT2D eigenvalue weighted by Gasteiger charge is -2.13. The van der Waals surface area contributed by atoms with Crippen LogP contribution in [-0.4, -0.2) is 19.1 Å². The van der Waals surface area contributed by atoms with Crippen LogP contribution < -0.4 is 0 Å². The molecule has 12 rings (SSSR count). The van der Waals surface area contributed by atoms with E-state index in [0.29, 0.717) is 0 Å². The van der Waals surface area contributed by atoms with Crippen molar-refractivity contribution in [1.82, 2.24) is 19.1 Å². The highest BCUT2D eigenvalue weighted by molar-refractivity contribution is 6.29. The van der Waals surface area contributed by atoms with Crippen LogP contribution in [0.2, 0.25) is 0 Å². The first-order valence-electron chi connectivity index (χ1n) is 21.1. The number of benzene rings is 8. The number of hydrogen-bond donors (Lipinski definition) is 0. The maximum absolute atomic E-state index is 5.29. The van der Waals surface area contributed by atoms with E-state index in [1.54, 1.807) is 0 Å².